The average molecular weight is 480 g/mol. The predicted molar refractivity (Wildman–Crippen MR) is 130 cm³/mol. The number of anilines is 1. The molecule has 0 bridgehead atoms. The Kier molecular flexibility index (Phi) is 7.27. The molecule has 0 aliphatic carbocycles. The number of carbonyl (C=O) groups excluding carboxylic acids is 2. The third-order valence-corrected chi connectivity index (χ3v) is 5.75. The van der Waals surface area contributed by atoms with Crippen LogP contribution in [0.4, 0.5) is 5.69 Å². The van der Waals surface area contributed by atoms with Gasteiger partial charge < -0.3 is 9.73 Å². The number of amides is 2. The summed E-state index contributed by atoms with van der Waals surface area (Å²) in [5.41, 5.74) is 1.79. The van der Waals surface area contributed by atoms with Crippen molar-refractivity contribution in [2.24, 2.45) is 5.92 Å². The van der Waals surface area contributed by atoms with Gasteiger partial charge in [0.2, 0.25) is 5.91 Å². The number of furan rings is 1. The lowest BCUT2D eigenvalue weighted by atomic mass is 10.1. The largest absolute Gasteiger partial charge is 0.467 e. The van der Waals surface area contributed by atoms with Gasteiger partial charge in [0.05, 0.1) is 22.5 Å². The first-order valence-corrected chi connectivity index (χ1v) is 11.5. The molecule has 2 aromatic carbocycles. The molecule has 9 heteroatoms. The quantitative estimate of drug-likeness (QED) is 0.378. The summed E-state index contributed by atoms with van der Waals surface area (Å²) >= 11 is 6.51. The number of nitrogens with zero attached hydrogens (tertiary/aromatic N) is 4. The number of hydrogen-bond acceptors (Lipinski definition) is 5. The number of benzene rings is 2. The molecule has 0 aliphatic heterocycles. The van der Waals surface area contributed by atoms with E-state index < -0.39 is 6.04 Å². The van der Waals surface area contributed by atoms with Gasteiger partial charge in [-0.05, 0) is 48.7 Å². The Bertz CT molecular complexity index is 1270. The topological polar surface area (TPSA) is 93.3 Å². The molecule has 2 aromatic heterocycles. The Labute approximate surface area is 202 Å². The van der Waals surface area contributed by atoms with E-state index in [1.54, 1.807) is 36.4 Å². The summed E-state index contributed by atoms with van der Waals surface area (Å²) in [4.78, 5) is 28.6. The van der Waals surface area contributed by atoms with Crippen molar-refractivity contribution in [3.05, 3.63) is 77.7 Å². The van der Waals surface area contributed by atoms with Crippen molar-refractivity contribution in [3.63, 3.8) is 0 Å². The minimum absolute atomic E-state index is 0.137. The van der Waals surface area contributed by atoms with Crippen molar-refractivity contribution in [1.82, 2.24) is 20.3 Å². The van der Waals surface area contributed by atoms with Gasteiger partial charge in [-0.2, -0.15) is 0 Å². The van der Waals surface area contributed by atoms with E-state index in [0.29, 0.717) is 40.0 Å². The third-order valence-electron chi connectivity index (χ3n) is 5.43. The number of para-hydroxylation sites is 2. The highest BCUT2D eigenvalue weighted by Crippen LogP contribution is 2.34. The van der Waals surface area contributed by atoms with Crippen LogP contribution in [0.15, 0.2) is 71.3 Å². The molecule has 0 radical (unpaired) electrons. The molecule has 1 atom stereocenters. The lowest BCUT2D eigenvalue weighted by Gasteiger charge is -2.30. The normalized spacial score (nSPS) is 12.1. The van der Waals surface area contributed by atoms with Gasteiger partial charge in [0.25, 0.3) is 5.91 Å². The van der Waals surface area contributed by atoms with Crippen molar-refractivity contribution >= 4 is 40.1 Å². The smallest absolute Gasteiger partial charge is 0.251 e. The van der Waals surface area contributed by atoms with Gasteiger partial charge in [0, 0.05) is 6.54 Å². The van der Waals surface area contributed by atoms with Gasteiger partial charge in [0.15, 0.2) is 6.04 Å². The molecular formula is C25H26ClN5O3. The van der Waals surface area contributed by atoms with E-state index in [2.05, 4.69) is 29.5 Å². The van der Waals surface area contributed by atoms with Crippen molar-refractivity contribution in [3.8, 4) is 0 Å². The van der Waals surface area contributed by atoms with Crippen LogP contribution in [0.5, 0.6) is 0 Å². The molecular weight excluding hydrogens is 454 g/mol. The van der Waals surface area contributed by atoms with Gasteiger partial charge in [-0.3, -0.25) is 14.5 Å². The molecule has 34 heavy (non-hydrogen) atoms. The Hall–Kier alpha value is -3.65. The van der Waals surface area contributed by atoms with Gasteiger partial charge in [-0.25, -0.2) is 4.68 Å². The number of aromatic nitrogens is 3. The number of rotatable bonds is 9. The lowest BCUT2D eigenvalue weighted by molar-refractivity contribution is -0.127. The van der Waals surface area contributed by atoms with E-state index in [1.165, 1.54) is 15.8 Å². The maximum atomic E-state index is 13.8. The minimum atomic E-state index is -1.05. The standard InChI is InChI=1S/C25H26ClN5O3/c1-17(2)13-14-27-25(33)24(22-12-7-15-34-22)31(20-10-5-3-8-18(20)26)23(32)16-30-21-11-6-4-9-19(21)28-29-30/h3-12,15,17,24H,13-14,16H2,1-2H3,(H,27,33)/t24-/m1/s1. The Morgan fingerprint density at radius 1 is 1.09 bits per heavy atom. The summed E-state index contributed by atoms with van der Waals surface area (Å²) in [6.45, 7) is 4.50. The zero-order valence-corrected chi connectivity index (χ0v) is 19.8. The van der Waals surface area contributed by atoms with E-state index in [9.17, 15) is 9.59 Å². The highest BCUT2D eigenvalue weighted by molar-refractivity contribution is 6.34. The first-order chi connectivity index (χ1) is 16.5. The molecule has 0 saturated carbocycles. The molecule has 0 unspecified atom stereocenters. The Morgan fingerprint density at radius 2 is 1.85 bits per heavy atom. The molecule has 0 saturated heterocycles. The second kappa shape index (κ2) is 10.5. The van der Waals surface area contributed by atoms with Crippen LogP contribution in [0.1, 0.15) is 32.1 Å². The van der Waals surface area contributed by atoms with Crippen molar-refractivity contribution in [2.75, 3.05) is 11.4 Å². The first kappa shape index (κ1) is 23.5. The number of carbonyl (C=O) groups is 2. The van der Waals surface area contributed by atoms with Crippen LogP contribution in [0.25, 0.3) is 11.0 Å². The van der Waals surface area contributed by atoms with E-state index in [1.807, 2.05) is 24.3 Å². The highest BCUT2D eigenvalue weighted by Gasteiger charge is 2.36. The molecule has 0 aliphatic rings. The van der Waals surface area contributed by atoms with Crippen molar-refractivity contribution < 1.29 is 14.0 Å². The molecule has 2 heterocycles. The fourth-order valence-electron chi connectivity index (χ4n) is 3.70. The van der Waals surface area contributed by atoms with Gasteiger partial charge in [0.1, 0.15) is 17.8 Å². The average Bonchev–Trinajstić information content (AvgIpc) is 3.48. The van der Waals surface area contributed by atoms with Crippen LogP contribution >= 0.6 is 11.6 Å². The zero-order valence-electron chi connectivity index (χ0n) is 19.0. The van der Waals surface area contributed by atoms with Gasteiger partial charge in [-0.15, -0.1) is 5.10 Å². The third kappa shape index (κ3) is 5.12. The number of hydrogen-bond donors (Lipinski definition) is 1. The van der Waals surface area contributed by atoms with Crippen molar-refractivity contribution in [2.45, 2.75) is 32.9 Å². The minimum Gasteiger partial charge on any atom is -0.467 e. The number of nitrogens with one attached hydrogen (secondary N) is 1. The molecule has 4 rings (SSSR count). The summed E-state index contributed by atoms with van der Waals surface area (Å²) in [7, 11) is 0. The fraction of sp³-hybridized carbons (Fsp3) is 0.280. The van der Waals surface area contributed by atoms with E-state index in [4.69, 9.17) is 16.0 Å². The SMILES string of the molecule is CC(C)CCNC(=O)[C@@H](c1ccco1)N(C(=O)Cn1nnc2ccccc21)c1ccccc1Cl. The zero-order chi connectivity index (χ0) is 24.1. The first-order valence-electron chi connectivity index (χ1n) is 11.1. The maximum Gasteiger partial charge on any atom is 0.251 e. The van der Waals surface area contributed by atoms with Crippen molar-refractivity contribution in [1.29, 1.82) is 0 Å². The van der Waals surface area contributed by atoms with E-state index in [-0.39, 0.29) is 18.4 Å². The molecule has 0 fully saturated rings. The van der Waals surface area contributed by atoms with Crippen LogP contribution in [0.3, 0.4) is 0 Å². The number of fused-ring (bicyclic) bond motifs is 1. The summed E-state index contributed by atoms with van der Waals surface area (Å²) in [5.74, 6) is 0.0134. The van der Waals surface area contributed by atoms with Crippen LogP contribution in [-0.2, 0) is 16.1 Å². The second-order valence-electron chi connectivity index (χ2n) is 8.34. The van der Waals surface area contributed by atoms with Gasteiger partial charge in [-0.1, -0.05) is 54.9 Å². The summed E-state index contributed by atoms with van der Waals surface area (Å²) < 4.78 is 7.12. The molecule has 0 spiro atoms. The fourth-order valence-corrected chi connectivity index (χ4v) is 3.93. The van der Waals surface area contributed by atoms with Crippen LogP contribution in [0, 0.1) is 5.92 Å². The maximum absolute atomic E-state index is 13.8. The van der Waals surface area contributed by atoms with Crippen LogP contribution < -0.4 is 10.2 Å². The number of halogens is 1. The molecule has 1 N–H and O–H groups in total. The predicted octanol–water partition coefficient (Wildman–Crippen LogP) is 4.61. The lowest BCUT2D eigenvalue weighted by Crippen LogP contribution is -2.45. The van der Waals surface area contributed by atoms with E-state index >= 15 is 0 Å². The van der Waals surface area contributed by atoms with Crippen LogP contribution in [-0.4, -0.2) is 33.4 Å². The summed E-state index contributed by atoms with van der Waals surface area (Å²) in [6.07, 6.45) is 2.28. The molecule has 8 nitrogen and oxygen atoms in total. The molecule has 176 valence electrons. The summed E-state index contributed by atoms with van der Waals surface area (Å²) in [5, 5.41) is 11.5. The van der Waals surface area contributed by atoms with Gasteiger partial charge >= 0.3 is 0 Å². The highest BCUT2D eigenvalue weighted by atomic mass is 35.5. The second-order valence-corrected chi connectivity index (χ2v) is 8.75. The molecule has 2 amide bonds. The Balaban J connectivity index is 1.73. The Morgan fingerprint density at radius 3 is 2.59 bits per heavy atom. The van der Waals surface area contributed by atoms with E-state index in [0.717, 1.165) is 6.42 Å². The molecule has 4 aromatic rings. The monoisotopic (exact) mass is 479 g/mol. The summed E-state index contributed by atoms with van der Waals surface area (Å²) in [6, 6.07) is 16.6. The van der Waals surface area contributed by atoms with Crippen LogP contribution in [0.2, 0.25) is 5.02 Å².